The molecule has 1 aliphatic rings. The van der Waals surface area contributed by atoms with Gasteiger partial charge in [0.05, 0.1) is 11.6 Å². The summed E-state index contributed by atoms with van der Waals surface area (Å²) in [6, 6.07) is 18.0. The van der Waals surface area contributed by atoms with Crippen molar-refractivity contribution in [3.8, 4) is 0 Å². The lowest BCUT2D eigenvalue weighted by atomic mass is 9.96. The molecule has 1 fully saturated rings. The largest absolute Gasteiger partial charge is 0.387 e. The number of aliphatic hydroxyl groups is 1. The number of nitrogens with zero attached hydrogens (tertiary/aromatic N) is 3. The Hall–Kier alpha value is -2.50. The van der Waals surface area contributed by atoms with Crippen LogP contribution >= 0.6 is 0 Å². The summed E-state index contributed by atoms with van der Waals surface area (Å²) in [6.07, 6.45) is 3.49. The van der Waals surface area contributed by atoms with E-state index in [4.69, 9.17) is 0 Å². The minimum Gasteiger partial charge on any atom is -0.387 e. The average Bonchev–Trinajstić information content (AvgIpc) is 2.74. The van der Waals surface area contributed by atoms with Crippen molar-refractivity contribution in [2.24, 2.45) is 5.92 Å². The summed E-state index contributed by atoms with van der Waals surface area (Å²) in [5.74, 6) is 1.55. The van der Waals surface area contributed by atoms with Crippen molar-refractivity contribution >= 4 is 16.7 Å². The minimum absolute atomic E-state index is 0.409. The summed E-state index contributed by atoms with van der Waals surface area (Å²) >= 11 is 0. The molecule has 0 amide bonds. The highest BCUT2D eigenvalue weighted by molar-refractivity contribution is 5.88. The van der Waals surface area contributed by atoms with E-state index in [9.17, 15) is 5.11 Å². The van der Waals surface area contributed by atoms with E-state index in [0.29, 0.717) is 12.5 Å². The fourth-order valence-corrected chi connectivity index (χ4v) is 3.78. The van der Waals surface area contributed by atoms with Crippen molar-refractivity contribution in [2.75, 3.05) is 31.5 Å². The van der Waals surface area contributed by atoms with Crippen molar-refractivity contribution in [1.82, 2.24) is 14.9 Å². The van der Waals surface area contributed by atoms with Gasteiger partial charge in [-0.3, -0.25) is 0 Å². The number of benzene rings is 2. The van der Waals surface area contributed by atoms with Gasteiger partial charge in [0.1, 0.15) is 12.1 Å². The lowest BCUT2D eigenvalue weighted by Gasteiger charge is -2.33. The molecule has 2 heterocycles. The van der Waals surface area contributed by atoms with Crippen LogP contribution in [-0.2, 0) is 0 Å². The molecule has 2 aromatic carbocycles. The lowest BCUT2D eigenvalue weighted by molar-refractivity contribution is 0.0909. The molecule has 2 N–H and O–H groups in total. The van der Waals surface area contributed by atoms with Gasteiger partial charge < -0.3 is 15.3 Å². The molecule has 0 radical (unpaired) electrons. The Kier molecular flexibility index (Phi) is 5.61. The van der Waals surface area contributed by atoms with Gasteiger partial charge in [0.15, 0.2) is 0 Å². The van der Waals surface area contributed by atoms with E-state index in [1.165, 1.54) is 0 Å². The molecule has 1 aliphatic heterocycles. The lowest BCUT2D eigenvalue weighted by Crippen LogP contribution is -2.38. The molecule has 4 rings (SSSR count). The van der Waals surface area contributed by atoms with Crippen molar-refractivity contribution in [3.63, 3.8) is 0 Å². The first-order chi connectivity index (χ1) is 13.3. The zero-order chi connectivity index (χ0) is 18.5. The van der Waals surface area contributed by atoms with E-state index in [0.717, 1.165) is 54.8 Å². The number of hydrogen-bond donors (Lipinski definition) is 2. The quantitative estimate of drug-likeness (QED) is 0.703. The zero-order valence-corrected chi connectivity index (χ0v) is 15.5. The number of likely N-dealkylation sites (tertiary alicyclic amines) is 1. The smallest absolute Gasteiger partial charge is 0.137 e. The highest BCUT2D eigenvalue weighted by Crippen LogP contribution is 2.23. The summed E-state index contributed by atoms with van der Waals surface area (Å²) in [4.78, 5) is 11.1. The molecule has 0 aliphatic carbocycles. The van der Waals surface area contributed by atoms with Crippen LogP contribution in [0.1, 0.15) is 24.5 Å². The average molecular weight is 362 g/mol. The van der Waals surface area contributed by atoms with Crippen molar-refractivity contribution in [2.45, 2.75) is 18.9 Å². The molecule has 27 heavy (non-hydrogen) atoms. The van der Waals surface area contributed by atoms with Crippen LogP contribution < -0.4 is 5.32 Å². The second kappa shape index (κ2) is 8.46. The number of hydrogen-bond acceptors (Lipinski definition) is 5. The molecule has 1 saturated heterocycles. The summed E-state index contributed by atoms with van der Waals surface area (Å²) in [5, 5.41) is 15.0. The maximum Gasteiger partial charge on any atom is 0.137 e. The maximum atomic E-state index is 10.4. The molecule has 0 bridgehead atoms. The third-order valence-corrected chi connectivity index (χ3v) is 5.42. The number of aromatic nitrogens is 2. The number of nitrogens with one attached hydrogen (secondary N) is 1. The summed E-state index contributed by atoms with van der Waals surface area (Å²) in [5.41, 5.74) is 1.97. The number of fused-ring (bicyclic) bond motifs is 1. The van der Waals surface area contributed by atoms with Gasteiger partial charge in [-0.15, -0.1) is 0 Å². The first-order valence-electron chi connectivity index (χ1n) is 9.68. The second-order valence-corrected chi connectivity index (χ2v) is 7.29. The van der Waals surface area contributed by atoms with Crippen molar-refractivity contribution in [1.29, 1.82) is 0 Å². The number of piperidine rings is 1. The van der Waals surface area contributed by atoms with Crippen LogP contribution in [0.5, 0.6) is 0 Å². The number of para-hydroxylation sites is 1. The molecule has 0 spiro atoms. The van der Waals surface area contributed by atoms with Gasteiger partial charge in [-0.1, -0.05) is 42.5 Å². The molecule has 5 heteroatoms. The van der Waals surface area contributed by atoms with E-state index in [-0.39, 0.29) is 0 Å². The Morgan fingerprint density at radius 2 is 1.74 bits per heavy atom. The van der Waals surface area contributed by atoms with E-state index in [2.05, 4.69) is 26.3 Å². The highest BCUT2D eigenvalue weighted by atomic mass is 16.3. The molecule has 5 nitrogen and oxygen atoms in total. The van der Waals surface area contributed by atoms with E-state index in [1.54, 1.807) is 6.33 Å². The molecule has 0 saturated carbocycles. The van der Waals surface area contributed by atoms with Crippen LogP contribution in [0, 0.1) is 5.92 Å². The maximum absolute atomic E-state index is 10.4. The second-order valence-electron chi connectivity index (χ2n) is 7.29. The Morgan fingerprint density at radius 1 is 1.00 bits per heavy atom. The van der Waals surface area contributed by atoms with Crippen molar-refractivity contribution in [3.05, 3.63) is 66.5 Å². The van der Waals surface area contributed by atoms with Crippen LogP contribution in [0.3, 0.4) is 0 Å². The van der Waals surface area contributed by atoms with Gasteiger partial charge in [-0.25, -0.2) is 9.97 Å². The molecule has 3 aromatic rings. The minimum atomic E-state index is -0.409. The highest BCUT2D eigenvalue weighted by Gasteiger charge is 2.21. The number of β-amino-alcohol motifs (C(OH)–C–C–N with tert-alkyl or cyclic N) is 1. The summed E-state index contributed by atoms with van der Waals surface area (Å²) < 4.78 is 0. The van der Waals surface area contributed by atoms with Crippen molar-refractivity contribution < 1.29 is 5.11 Å². The number of anilines is 1. The first kappa shape index (κ1) is 17.9. The SMILES string of the molecule is OC(CN1CCC(CNc2ncnc3ccccc23)CC1)c1ccccc1. The predicted molar refractivity (Wildman–Crippen MR) is 109 cm³/mol. The summed E-state index contributed by atoms with van der Waals surface area (Å²) in [7, 11) is 0. The van der Waals surface area contributed by atoms with Gasteiger partial charge in [-0.2, -0.15) is 0 Å². The van der Waals surface area contributed by atoms with Crippen LogP contribution in [0.25, 0.3) is 10.9 Å². The molecule has 1 aromatic heterocycles. The normalized spacial score (nSPS) is 17.1. The molecular formula is C22H26N4O. The fourth-order valence-electron chi connectivity index (χ4n) is 3.78. The van der Waals surface area contributed by atoms with Crippen LogP contribution in [0.15, 0.2) is 60.9 Å². The van der Waals surface area contributed by atoms with Gasteiger partial charge in [-0.05, 0) is 49.5 Å². The van der Waals surface area contributed by atoms with Crippen LogP contribution in [0.2, 0.25) is 0 Å². The monoisotopic (exact) mass is 362 g/mol. The summed E-state index contributed by atoms with van der Waals surface area (Å²) in [6.45, 7) is 3.69. The first-order valence-corrected chi connectivity index (χ1v) is 9.68. The van der Waals surface area contributed by atoms with Crippen LogP contribution in [-0.4, -0.2) is 46.2 Å². The van der Waals surface area contributed by atoms with Gasteiger partial charge in [0.2, 0.25) is 0 Å². The Labute approximate surface area is 160 Å². The third-order valence-electron chi connectivity index (χ3n) is 5.42. The van der Waals surface area contributed by atoms with Gasteiger partial charge >= 0.3 is 0 Å². The predicted octanol–water partition coefficient (Wildman–Crippen LogP) is 3.49. The molecule has 140 valence electrons. The fraction of sp³-hybridized carbons (Fsp3) is 0.364. The third kappa shape index (κ3) is 4.43. The van der Waals surface area contributed by atoms with Gasteiger partial charge in [0, 0.05) is 18.5 Å². The molecule has 1 unspecified atom stereocenters. The van der Waals surface area contributed by atoms with Crippen LogP contribution in [0.4, 0.5) is 5.82 Å². The zero-order valence-electron chi connectivity index (χ0n) is 15.5. The van der Waals surface area contributed by atoms with Gasteiger partial charge in [0.25, 0.3) is 0 Å². The Morgan fingerprint density at radius 3 is 2.56 bits per heavy atom. The van der Waals surface area contributed by atoms with E-state index in [1.807, 2.05) is 48.5 Å². The van der Waals surface area contributed by atoms with E-state index < -0.39 is 6.10 Å². The molecule has 1 atom stereocenters. The number of rotatable bonds is 6. The topological polar surface area (TPSA) is 61.3 Å². The molecular weight excluding hydrogens is 336 g/mol. The van der Waals surface area contributed by atoms with E-state index >= 15 is 0 Å². The number of aliphatic hydroxyl groups excluding tert-OH is 1. The standard InChI is InChI=1S/C22H26N4O/c27-21(18-6-2-1-3-7-18)15-26-12-10-17(11-13-26)14-23-22-19-8-4-5-9-20(19)24-16-25-22/h1-9,16-17,21,27H,10-15H2,(H,23,24,25). The Balaban J connectivity index is 1.27. The Bertz CT molecular complexity index is 857.